The van der Waals surface area contributed by atoms with Gasteiger partial charge in [-0.3, -0.25) is 4.79 Å². The van der Waals surface area contributed by atoms with Crippen molar-refractivity contribution in [2.75, 3.05) is 13.6 Å². The maximum atomic E-state index is 12.2. The van der Waals surface area contributed by atoms with Crippen LogP contribution in [0.2, 0.25) is 0 Å². The summed E-state index contributed by atoms with van der Waals surface area (Å²) >= 11 is 7.73. The van der Waals surface area contributed by atoms with Crippen LogP contribution >= 0.6 is 28.6 Å². The fourth-order valence-corrected chi connectivity index (χ4v) is 3.23. The van der Waals surface area contributed by atoms with Crippen molar-refractivity contribution < 1.29 is 4.79 Å². The lowest BCUT2D eigenvalue weighted by atomic mass is 9.98. The van der Waals surface area contributed by atoms with E-state index in [1.807, 2.05) is 12.1 Å². The second-order valence-corrected chi connectivity index (χ2v) is 6.58. The molecule has 19 heavy (non-hydrogen) atoms. The lowest BCUT2D eigenvalue weighted by molar-refractivity contribution is 0.0893. The highest BCUT2D eigenvalue weighted by molar-refractivity contribution is 9.10. The molecule has 1 heterocycles. The number of piperidine rings is 1. The van der Waals surface area contributed by atoms with Gasteiger partial charge in [-0.05, 0) is 45.0 Å². The Balaban J connectivity index is 2.01. The molecular weight excluding hydrogens is 324 g/mol. The van der Waals surface area contributed by atoms with E-state index < -0.39 is 0 Å². The molecule has 1 amide bonds. The zero-order valence-electron chi connectivity index (χ0n) is 11.2. The summed E-state index contributed by atoms with van der Waals surface area (Å²) in [5, 5.41) is 3.12. The molecule has 1 saturated heterocycles. The summed E-state index contributed by atoms with van der Waals surface area (Å²) in [6, 6.07) is 6.29. The zero-order chi connectivity index (χ0) is 14.0. The molecular formula is C14H19BrN2OS. The number of benzene rings is 1. The fraction of sp³-hybridized carbons (Fsp3) is 0.500. The largest absolute Gasteiger partial charge is 0.349 e. The molecule has 0 aliphatic carbocycles. The molecule has 0 aromatic heterocycles. The monoisotopic (exact) mass is 342 g/mol. The van der Waals surface area contributed by atoms with Crippen molar-refractivity contribution in [1.82, 2.24) is 10.2 Å². The molecule has 1 fully saturated rings. The summed E-state index contributed by atoms with van der Waals surface area (Å²) in [4.78, 5) is 15.3. The number of hydrogen-bond donors (Lipinski definition) is 2. The highest BCUT2D eigenvalue weighted by Crippen LogP contribution is 2.21. The Morgan fingerprint density at radius 2 is 2.26 bits per heavy atom. The Morgan fingerprint density at radius 1 is 1.53 bits per heavy atom. The van der Waals surface area contributed by atoms with E-state index in [2.05, 4.69) is 52.7 Å². The lowest BCUT2D eigenvalue weighted by Crippen LogP contribution is -2.47. The maximum absolute atomic E-state index is 12.2. The van der Waals surface area contributed by atoms with Crippen molar-refractivity contribution in [2.24, 2.45) is 0 Å². The SMILES string of the molecule is CC1CC(NC(=O)c2ccc(Br)cc2S)CCN1C. The van der Waals surface area contributed by atoms with Crippen molar-refractivity contribution in [3.8, 4) is 0 Å². The third kappa shape index (κ3) is 3.74. The molecule has 2 unspecified atom stereocenters. The standard InChI is InChI=1S/C14H19BrN2OS/c1-9-7-11(5-6-17(9)2)16-14(18)12-4-3-10(15)8-13(12)19/h3-4,8-9,11,19H,5-7H2,1-2H3,(H,16,18). The first-order chi connectivity index (χ1) is 8.97. The van der Waals surface area contributed by atoms with Crippen LogP contribution in [0, 0.1) is 0 Å². The molecule has 5 heteroatoms. The number of hydrogen-bond acceptors (Lipinski definition) is 3. The van der Waals surface area contributed by atoms with Gasteiger partial charge in [-0.1, -0.05) is 15.9 Å². The number of halogens is 1. The van der Waals surface area contributed by atoms with Gasteiger partial charge in [0.2, 0.25) is 0 Å². The Kier molecular flexibility index (Phi) is 4.92. The number of carbonyl (C=O) groups is 1. The molecule has 0 saturated carbocycles. The second-order valence-electron chi connectivity index (χ2n) is 5.19. The smallest absolute Gasteiger partial charge is 0.252 e. The summed E-state index contributed by atoms with van der Waals surface area (Å²) in [5.41, 5.74) is 0.637. The van der Waals surface area contributed by atoms with Crippen LogP contribution in [-0.4, -0.2) is 36.5 Å². The fourth-order valence-electron chi connectivity index (χ4n) is 2.38. The number of rotatable bonds is 2. The van der Waals surface area contributed by atoms with Gasteiger partial charge in [0.05, 0.1) is 5.56 Å². The Hall–Kier alpha value is -0.520. The number of nitrogens with zero attached hydrogens (tertiary/aromatic N) is 1. The van der Waals surface area contributed by atoms with E-state index in [1.165, 1.54) is 0 Å². The highest BCUT2D eigenvalue weighted by Gasteiger charge is 2.24. The Labute approximate surface area is 128 Å². The van der Waals surface area contributed by atoms with E-state index in [-0.39, 0.29) is 11.9 Å². The van der Waals surface area contributed by atoms with Gasteiger partial charge in [0.15, 0.2) is 0 Å². The summed E-state index contributed by atoms with van der Waals surface area (Å²) in [6.45, 7) is 3.22. The van der Waals surface area contributed by atoms with E-state index >= 15 is 0 Å². The summed E-state index contributed by atoms with van der Waals surface area (Å²) < 4.78 is 0.932. The van der Waals surface area contributed by atoms with Gasteiger partial charge >= 0.3 is 0 Å². The Bertz CT molecular complexity index is 481. The van der Waals surface area contributed by atoms with Crippen molar-refractivity contribution in [1.29, 1.82) is 0 Å². The van der Waals surface area contributed by atoms with E-state index in [1.54, 1.807) is 6.07 Å². The van der Waals surface area contributed by atoms with E-state index in [0.29, 0.717) is 16.5 Å². The van der Waals surface area contributed by atoms with Crippen molar-refractivity contribution in [3.05, 3.63) is 28.2 Å². The molecule has 1 aromatic rings. The molecule has 3 nitrogen and oxygen atoms in total. The summed E-state index contributed by atoms with van der Waals surface area (Å²) in [6.07, 6.45) is 2.01. The van der Waals surface area contributed by atoms with Crippen LogP contribution in [0.1, 0.15) is 30.1 Å². The number of amides is 1. The minimum atomic E-state index is -0.0285. The molecule has 1 N–H and O–H groups in total. The van der Waals surface area contributed by atoms with Crippen LogP contribution in [0.4, 0.5) is 0 Å². The first-order valence-electron chi connectivity index (χ1n) is 6.47. The predicted molar refractivity (Wildman–Crippen MR) is 84.0 cm³/mol. The molecule has 1 aliphatic rings. The molecule has 1 aliphatic heterocycles. The van der Waals surface area contributed by atoms with Gasteiger partial charge in [-0.25, -0.2) is 0 Å². The zero-order valence-corrected chi connectivity index (χ0v) is 13.7. The average molecular weight is 343 g/mol. The van der Waals surface area contributed by atoms with E-state index in [9.17, 15) is 4.79 Å². The molecule has 2 atom stereocenters. The average Bonchev–Trinajstić information content (AvgIpc) is 2.33. The van der Waals surface area contributed by atoms with Crippen LogP contribution in [-0.2, 0) is 0 Å². The van der Waals surface area contributed by atoms with Crippen LogP contribution < -0.4 is 5.32 Å². The Morgan fingerprint density at radius 3 is 2.89 bits per heavy atom. The molecule has 0 radical (unpaired) electrons. The molecule has 1 aromatic carbocycles. The number of likely N-dealkylation sites (tertiary alicyclic amines) is 1. The van der Waals surface area contributed by atoms with Gasteiger partial charge in [0.25, 0.3) is 5.91 Å². The van der Waals surface area contributed by atoms with Gasteiger partial charge in [-0.15, -0.1) is 12.6 Å². The third-order valence-corrected chi connectivity index (χ3v) is 4.61. The lowest BCUT2D eigenvalue weighted by Gasteiger charge is -2.35. The third-order valence-electron chi connectivity index (χ3n) is 3.75. The molecule has 0 bridgehead atoms. The maximum Gasteiger partial charge on any atom is 0.252 e. The minimum absolute atomic E-state index is 0.0285. The van der Waals surface area contributed by atoms with Crippen molar-refractivity contribution >= 4 is 34.5 Å². The molecule has 0 spiro atoms. The second kappa shape index (κ2) is 6.29. The van der Waals surface area contributed by atoms with Crippen LogP contribution in [0.5, 0.6) is 0 Å². The van der Waals surface area contributed by atoms with E-state index in [4.69, 9.17) is 0 Å². The topological polar surface area (TPSA) is 32.3 Å². The number of carbonyl (C=O) groups excluding carboxylic acids is 1. The van der Waals surface area contributed by atoms with E-state index in [0.717, 1.165) is 23.9 Å². The normalized spacial score (nSPS) is 24.2. The van der Waals surface area contributed by atoms with Crippen molar-refractivity contribution in [2.45, 2.75) is 36.7 Å². The number of nitrogens with one attached hydrogen (secondary N) is 1. The quantitative estimate of drug-likeness (QED) is 0.810. The van der Waals surface area contributed by atoms with Crippen LogP contribution in [0.3, 0.4) is 0 Å². The summed E-state index contributed by atoms with van der Waals surface area (Å²) in [7, 11) is 2.13. The predicted octanol–water partition coefficient (Wildman–Crippen LogP) is 2.95. The summed E-state index contributed by atoms with van der Waals surface area (Å²) in [5.74, 6) is -0.0285. The van der Waals surface area contributed by atoms with Crippen LogP contribution in [0.25, 0.3) is 0 Å². The first-order valence-corrected chi connectivity index (χ1v) is 7.71. The highest BCUT2D eigenvalue weighted by atomic mass is 79.9. The molecule has 104 valence electrons. The van der Waals surface area contributed by atoms with Gasteiger partial charge in [0, 0.05) is 28.0 Å². The van der Waals surface area contributed by atoms with Gasteiger partial charge < -0.3 is 10.2 Å². The number of thiol groups is 1. The molecule has 2 rings (SSSR count). The van der Waals surface area contributed by atoms with Crippen molar-refractivity contribution in [3.63, 3.8) is 0 Å². The van der Waals surface area contributed by atoms with Gasteiger partial charge in [0.1, 0.15) is 0 Å². The van der Waals surface area contributed by atoms with Crippen LogP contribution in [0.15, 0.2) is 27.6 Å². The first kappa shape index (κ1) is 14.9. The minimum Gasteiger partial charge on any atom is -0.349 e. The van der Waals surface area contributed by atoms with Gasteiger partial charge in [-0.2, -0.15) is 0 Å².